The van der Waals surface area contributed by atoms with Gasteiger partial charge in [-0.25, -0.2) is 19.3 Å². The predicted octanol–water partition coefficient (Wildman–Crippen LogP) is 4.45. The number of nitrogens with zero attached hydrogens (tertiary/aromatic N) is 4. The number of anilines is 3. The molecule has 0 saturated heterocycles. The first-order valence-corrected chi connectivity index (χ1v) is 10.7. The molecule has 11 heteroatoms. The Hall–Kier alpha value is -3.11. The molecule has 2 aromatic heterocycles. The monoisotopic (exact) mass is 462 g/mol. The van der Waals surface area contributed by atoms with Gasteiger partial charge < -0.3 is 10.2 Å². The number of nitrogens with one attached hydrogen (secondary N) is 2. The van der Waals surface area contributed by atoms with Gasteiger partial charge in [0.1, 0.15) is 5.82 Å². The van der Waals surface area contributed by atoms with Crippen LogP contribution in [0.4, 0.5) is 21.2 Å². The van der Waals surface area contributed by atoms with Crippen LogP contribution in [0, 0.1) is 5.82 Å². The van der Waals surface area contributed by atoms with Crippen LogP contribution in [0.25, 0.3) is 11.3 Å². The van der Waals surface area contributed by atoms with E-state index in [9.17, 15) is 14.0 Å². The van der Waals surface area contributed by atoms with Crippen LogP contribution in [0.2, 0.25) is 5.02 Å². The first-order chi connectivity index (χ1) is 14.8. The van der Waals surface area contributed by atoms with Crippen LogP contribution >= 0.6 is 22.9 Å². The molecule has 0 radical (unpaired) electrons. The Kier molecular flexibility index (Phi) is 7.13. The summed E-state index contributed by atoms with van der Waals surface area (Å²) in [5.41, 5.74) is 0.973. The van der Waals surface area contributed by atoms with Crippen molar-refractivity contribution < 1.29 is 14.0 Å². The summed E-state index contributed by atoms with van der Waals surface area (Å²) in [7, 11) is 0. The summed E-state index contributed by atoms with van der Waals surface area (Å²) in [6.07, 6.45) is 1.39. The van der Waals surface area contributed by atoms with Gasteiger partial charge in [0.2, 0.25) is 11.9 Å². The van der Waals surface area contributed by atoms with Crippen LogP contribution < -0.4 is 15.5 Å². The Balaban J connectivity index is 1.79. The molecule has 0 aliphatic carbocycles. The molecule has 2 amide bonds. The molecule has 0 saturated carbocycles. The third-order valence-corrected chi connectivity index (χ3v) is 5.32. The third-order valence-electron chi connectivity index (χ3n) is 4.28. The lowest BCUT2D eigenvalue weighted by Gasteiger charge is -2.18. The molecule has 1 aromatic carbocycles. The zero-order valence-electron chi connectivity index (χ0n) is 17.1. The minimum Gasteiger partial charge on any atom is -0.341 e. The normalized spacial score (nSPS) is 10.6. The van der Waals surface area contributed by atoms with Gasteiger partial charge in [-0.05, 0) is 32.0 Å². The molecule has 3 rings (SSSR count). The third kappa shape index (κ3) is 5.33. The maximum Gasteiger partial charge on any atom is 0.277 e. The van der Waals surface area contributed by atoms with Gasteiger partial charge in [-0.15, -0.1) is 11.3 Å². The number of aromatic nitrogens is 3. The lowest BCUT2D eigenvalue weighted by atomic mass is 10.1. The van der Waals surface area contributed by atoms with E-state index in [0.717, 1.165) is 11.3 Å². The van der Waals surface area contributed by atoms with Crippen LogP contribution in [0.3, 0.4) is 0 Å². The summed E-state index contributed by atoms with van der Waals surface area (Å²) in [5.74, 6) is -0.973. The Labute approximate surface area is 187 Å². The molecule has 8 nitrogen and oxygen atoms in total. The summed E-state index contributed by atoms with van der Waals surface area (Å²) in [6, 6.07) is 4.30. The second-order valence-corrected chi connectivity index (χ2v) is 7.67. The highest BCUT2D eigenvalue weighted by atomic mass is 35.5. The number of carbonyl (C=O) groups is 2. The highest BCUT2D eigenvalue weighted by molar-refractivity contribution is 7.14. The second kappa shape index (κ2) is 9.80. The largest absolute Gasteiger partial charge is 0.341 e. The van der Waals surface area contributed by atoms with E-state index in [1.807, 2.05) is 18.7 Å². The van der Waals surface area contributed by atoms with Crippen LogP contribution in [-0.4, -0.2) is 39.9 Å². The van der Waals surface area contributed by atoms with Gasteiger partial charge in [0.15, 0.2) is 10.8 Å². The van der Waals surface area contributed by atoms with E-state index in [-0.39, 0.29) is 27.3 Å². The quantitative estimate of drug-likeness (QED) is 0.538. The van der Waals surface area contributed by atoms with Gasteiger partial charge >= 0.3 is 0 Å². The second-order valence-electron chi connectivity index (χ2n) is 6.41. The van der Waals surface area contributed by atoms with E-state index >= 15 is 0 Å². The Morgan fingerprint density at radius 1 is 1.19 bits per heavy atom. The number of amides is 2. The molecule has 0 unspecified atom stereocenters. The van der Waals surface area contributed by atoms with Crippen LogP contribution in [0.15, 0.2) is 29.8 Å². The van der Waals surface area contributed by atoms with Crippen LogP contribution in [0.1, 0.15) is 31.3 Å². The van der Waals surface area contributed by atoms with Gasteiger partial charge in [0.25, 0.3) is 5.91 Å². The van der Waals surface area contributed by atoms with Gasteiger partial charge in [0.05, 0.1) is 16.9 Å². The number of rotatable bonds is 7. The van der Waals surface area contributed by atoms with E-state index in [1.54, 1.807) is 11.4 Å². The Morgan fingerprint density at radius 2 is 1.94 bits per heavy atom. The molecule has 31 heavy (non-hydrogen) atoms. The van der Waals surface area contributed by atoms with Gasteiger partial charge in [-0.1, -0.05) is 11.6 Å². The maximum absolute atomic E-state index is 14.5. The summed E-state index contributed by atoms with van der Waals surface area (Å²) < 4.78 is 14.5. The molecule has 2 N–H and O–H groups in total. The molecule has 0 aliphatic rings. The van der Waals surface area contributed by atoms with Crippen molar-refractivity contribution in [1.82, 2.24) is 15.0 Å². The summed E-state index contributed by atoms with van der Waals surface area (Å²) in [6.45, 7) is 6.62. The Morgan fingerprint density at radius 3 is 2.58 bits per heavy atom. The van der Waals surface area contributed by atoms with Crippen molar-refractivity contribution in [3.63, 3.8) is 0 Å². The molecule has 0 spiro atoms. The zero-order valence-corrected chi connectivity index (χ0v) is 18.6. The lowest BCUT2D eigenvalue weighted by Crippen LogP contribution is -2.25. The molecular formula is C20H20ClFN6O2S. The van der Waals surface area contributed by atoms with Crippen molar-refractivity contribution in [2.75, 3.05) is 28.6 Å². The number of benzene rings is 1. The molecule has 0 atom stereocenters. The van der Waals surface area contributed by atoms with E-state index in [0.29, 0.717) is 30.4 Å². The first-order valence-electron chi connectivity index (χ1n) is 9.44. The summed E-state index contributed by atoms with van der Waals surface area (Å²) in [4.78, 5) is 38.4. The number of hydrogen-bond acceptors (Lipinski definition) is 7. The molecule has 0 aliphatic heterocycles. The summed E-state index contributed by atoms with van der Waals surface area (Å²) in [5, 5.41) is 7.17. The SMILES string of the molecule is CCN(CC)c1ncc(Cl)c(C(=O)Nc2nc(-c3ccc(NC(C)=O)cc3F)cs2)n1. The molecule has 162 valence electrons. The molecule has 0 bridgehead atoms. The molecule has 2 heterocycles. The topological polar surface area (TPSA) is 100 Å². The number of carbonyl (C=O) groups excluding carboxylic acids is 2. The van der Waals surface area contributed by atoms with Crippen molar-refractivity contribution in [2.45, 2.75) is 20.8 Å². The van der Waals surface area contributed by atoms with E-state index in [4.69, 9.17) is 11.6 Å². The fraction of sp³-hybridized carbons (Fsp3) is 0.250. The van der Waals surface area contributed by atoms with E-state index in [2.05, 4.69) is 25.6 Å². The predicted molar refractivity (Wildman–Crippen MR) is 120 cm³/mol. The van der Waals surface area contributed by atoms with E-state index < -0.39 is 11.7 Å². The maximum atomic E-state index is 14.5. The van der Waals surface area contributed by atoms with Gasteiger partial charge in [-0.2, -0.15) is 0 Å². The van der Waals surface area contributed by atoms with E-state index in [1.165, 1.54) is 25.3 Å². The van der Waals surface area contributed by atoms with Crippen molar-refractivity contribution in [2.24, 2.45) is 0 Å². The first kappa shape index (κ1) is 22.6. The van der Waals surface area contributed by atoms with Crippen molar-refractivity contribution in [3.05, 3.63) is 46.3 Å². The number of halogens is 2. The number of thiazole rings is 1. The van der Waals surface area contributed by atoms with Gasteiger partial charge in [-0.3, -0.25) is 14.9 Å². The molecule has 0 fully saturated rings. The van der Waals surface area contributed by atoms with Gasteiger partial charge in [0, 0.05) is 36.6 Å². The molecule has 3 aromatic rings. The van der Waals surface area contributed by atoms with Crippen LogP contribution in [-0.2, 0) is 4.79 Å². The average molecular weight is 463 g/mol. The highest BCUT2D eigenvalue weighted by Crippen LogP contribution is 2.29. The van der Waals surface area contributed by atoms with Crippen molar-refractivity contribution in [3.8, 4) is 11.3 Å². The minimum atomic E-state index is -0.544. The van der Waals surface area contributed by atoms with Crippen molar-refractivity contribution >= 4 is 51.5 Å². The standard InChI is InChI=1S/C20H20ClFN6O2S/c1-4-28(5-2)19-23-9-14(21)17(26-19)18(30)27-20-25-16(10-31-20)13-7-6-12(8-15(13)22)24-11(3)29/h6-10H,4-5H2,1-3H3,(H,24,29)(H,25,27,30). The lowest BCUT2D eigenvalue weighted by molar-refractivity contribution is -0.114. The fourth-order valence-corrected chi connectivity index (χ4v) is 3.67. The highest BCUT2D eigenvalue weighted by Gasteiger charge is 2.18. The zero-order chi connectivity index (χ0) is 22.5. The fourth-order valence-electron chi connectivity index (χ4n) is 2.79. The van der Waals surface area contributed by atoms with Crippen molar-refractivity contribution in [1.29, 1.82) is 0 Å². The minimum absolute atomic E-state index is 0.0288. The summed E-state index contributed by atoms with van der Waals surface area (Å²) >= 11 is 7.26. The van der Waals surface area contributed by atoms with Crippen LogP contribution in [0.5, 0.6) is 0 Å². The number of hydrogen-bond donors (Lipinski definition) is 2. The Bertz CT molecular complexity index is 1120. The smallest absolute Gasteiger partial charge is 0.277 e. The molecular weight excluding hydrogens is 443 g/mol. The average Bonchev–Trinajstić information content (AvgIpc) is 3.17.